The Hall–Kier alpha value is -1.62. The fourth-order valence-corrected chi connectivity index (χ4v) is 1.40. The van der Waals surface area contributed by atoms with Crippen LogP contribution in [0.3, 0.4) is 0 Å². The van der Waals surface area contributed by atoms with E-state index in [4.69, 9.17) is 10.5 Å². The minimum absolute atomic E-state index is 0.136. The number of benzene rings is 1. The molecule has 0 unspecified atom stereocenters. The Bertz CT molecular complexity index is 383. The number of carbonyl (C=O) groups is 1. The van der Waals surface area contributed by atoms with Gasteiger partial charge in [0.1, 0.15) is 0 Å². The first kappa shape index (κ1) is 13.4. The average Bonchev–Trinajstić information content (AvgIpc) is 2.29. The second-order valence-corrected chi connectivity index (χ2v) is 3.64. The van der Waals surface area contributed by atoms with E-state index in [0.29, 0.717) is 18.7 Å². The quantitative estimate of drug-likeness (QED) is 0.746. The molecule has 0 saturated heterocycles. The highest BCUT2D eigenvalue weighted by atomic mass is 19.1. The lowest BCUT2D eigenvalue weighted by Crippen LogP contribution is -2.12. The van der Waals surface area contributed by atoms with Crippen LogP contribution in [0.5, 0.6) is 5.75 Å². The first-order valence-electron chi connectivity index (χ1n) is 5.51. The summed E-state index contributed by atoms with van der Waals surface area (Å²) in [6, 6.07) is 4.31. The number of unbranched alkanes of at least 4 members (excludes halogenated alkanes) is 1. The van der Waals surface area contributed by atoms with Crippen LogP contribution in [0.25, 0.3) is 0 Å². The van der Waals surface area contributed by atoms with Gasteiger partial charge in [0.05, 0.1) is 7.11 Å². The van der Waals surface area contributed by atoms with Crippen LogP contribution in [-0.2, 0) is 4.79 Å². The Balaban J connectivity index is 2.51. The number of methoxy groups -OCH3 is 1. The molecule has 0 atom stereocenters. The van der Waals surface area contributed by atoms with Gasteiger partial charge in [-0.15, -0.1) is 0 Å². The molecular weight excluding hydrogens is 223 g/mol. The van der Waals surface area contributed by atoms with Crippen molar-refractivity contribution in [3.8, 4) is 5.75 Å². The topological polar surface area (TPSA) is 64.3 Å². The number of ether oxygens (including phenoxy) is 1. The van der Waals surface area contributed by atoms with Gasteiger partial charge in [0, 0.05) is 18.2 Å². The van der Waals surface area contributed by atoms with E-state index in [9.17, 15) is 9.18 Å². The first-order valence-corrected chi connectivity index (χ1v) is 5.51. The Morgan fingerprint density at radius 1 is 1.47 bits per heavy atom. The maximum Gasteiger partial charge on any atom is 0.224 e. The maximum atomic E-state index is 13.3. The molecule has 0 saturated carbocycles. The number of anilines is 1. The van der Waals surface area contributed by atoms with Crippen LogP contribution >= 0.6 is 0 Å². The lowest BCUT2D eigenvalue weighted by Gasteiger charge is -2.07. The van der Waals surface area contributed by atoms with Crippen molar-refractivity contribution in [3.05, 3.63) is 24.0 Å². The van der Waals surface area contributed by atoms with Crippen molar-refractivity contribution in [1.82, 2.24) is 0 Å². The molecule has 0 fully saturated rings. The highest BCUT2D eigenvalue weighted by Crippen LogP contribution is 2.20. The van der Waals surface area contributed by atoms with E-state index in [1.807, 2.05) is 0 Å². The smallest absolute Gasteiger partial charge is 0.224 e. The number of halogens is 1. The molecule has 3 N–H and O–H groups in total. The van der Waals surface area contributed by atoms with Gasteiger partial charge in [-0.1, -0.05) is 0 Å². The Labute approximate surface area is 100.0 Å². The number of hydrogen-bond acceptors (Lipinski definition) is 3. The minimum atomic E-state index is -0.493. The average molecular weight is 240 g/mol. The van der Waals surface area contributed by atoms with E-state index < -0.39 is 5.82 Å². The standard InChI is InChI=1S/C12H17FN2O2/c1-17-11-6-5-9(8-10(11)13)15-12(16)4-2-3-7-14/h5-6,8H,2-4,7,14H2,1H3,(H,15,16). The van der Waals surface area contributed by atoms with E-state index in [1.165, 1.54) is 19.2 Å². The van der Waals surface area contributed by atoms with Gasteiger partial charge in [-0.25, -0.2) is 4.39 Å². The van der Waals surface area contributed by atoms with E-state index >= 15 is 0 Å². The molecule has 1 aromatic rings. The number of nitrogens with one attached hydrogen (secondary N) is 1. The number of carbonyl (C=O) groups excluding carboxylic acids is 1. The van der Waals surface area contributed by atoms with Gasteiger partial charge in [-0.2, -0.15) is 0 Å². The van der Waals surface area contributed by atoms with Gasteiger partial charge < -0.3 is 15.8 Å². The molecule has 0 aromatic heterocycles. The zero-order valence-electron chi connectivity index (χ0n) is 9.83. The number of hydrogen-bond donors (Lipinski definition) is 2. The summed E-state index contributed by atoms with van der Waals surface area (Å²) in [5.74, 6) is -0.471. The van der Waals surface area contributed by atoms with Crippen LogP contribution in [0, 0.1) is 5.82 Å². The molecular formula is C12H17FN2O2. The van der Waals surface area contributed by atoms with Crippen LogP contribution < -0.4 is 15.8 Å². The molecule has 94 valence electrons. The summed E-state index contributed by atoms with van der Waals surface area (Å²) < 4.78 is 18.1. The zero-order valence-corrected chi connectivity index (χ0v) is 9.83. The molecule has 0 aliphatic rings. The number of rotatable bonds is 6. The predicted molar refractivity (Wildman–Crippen MR) is 64.5 cm³/mol. The summed E-state index contributed by atoms with van der Waals surface area (Å²) >= 11 is 0. The second kappa shape index (κ2) is 6.85. The van der Waals surface area contributed by atoms with Gasteiger partial charge in [-0.05, 0) is 31.5 Å². The van der Waals surface area contributed by atoms with E-state index in [0.717, 1.165) is 12.8 Å². The fraction of sp³-hybridized carbons (Fsp3) is 0.417. The summed E-state index contributed by atoms with van der Waals surface area (Å²) in [4.78, 5) is 11.4. The normalized spacial score (nSPS) is 10.1. The first-order chi connectivity index (χ1) is 8.17. The van der Waals surface area contributed by atoms with Crippen molar-refractivity contribution in [3.63, 3.8) is 0 Å². The molecule has 5 heteroatoms. The molecule has 1 amide bonds. The van der Waals surface area contributed by atoms with E-state index in [1.54, 1.807) is 6.07 Å². The van der Waals surface area contributed by atoms with Crippen molar-refractivity contribution in [2.75, 3.05) is 19.0 Å². The highest BCUT2D eigenvalue weighted by Gasteiger charge is 2.06. The molecule has 1 aromatic carbocycles. The van der Waals surface area contributed by atoms with Crippen molar-refractivity contribution in [1.29, 1.82) is 0 Å². The monoisotopic (exact) mass is 240 g/mol. The van der Waals surface area contributed by atoms with Crippen LogP contribution in [0.2, 0.25) is 0 Å². The number of amides is 1. The van der Waals surface area contributed by atoms with E-state index in [2.05, 4.69) is 5.32 Å². The molecule has 0 spiro atoms. The Kier molecular flexibility index (Phi) is 5.42. The van der Waals surface area contributed by atoms with E-state index in [-0.39, 0.29) is 11.7 Å². The van der Waals surface area contributed by atoms with Gasteiger partial charge in [-0.3, -0.25) is 4.79 Å². The summed E-state index contributed by atoms with van der Waals surface area (Å²) in [7, 11) is 1.39. The van der Waals surface area contributed by atoms with Gasteiger partial charge in [0.15, 0.2) is 11.6 Å². The van der Waals surface area contributed by atoms with Gasteiger partial charge >= 0.3 is 0 Å². The molecule has 4 nitrogen and oxygen atoms in total. The van der Waals surface area contributed by atoms with Gasteiger partial charge in [0.25, 0.3) is 0 Å². The maximum absolute atomic E-state index is 13.3. The zero-order chi connectivity index (χ0) is 12.7. The van der Waals surface area contributed by atoms with Crippen molar-refractivity contribution >= 4 is 11.6 Å². The highest BCUT2D eigenvalue weighted by molar-refractivity contribution is 5.90. The molecule has 0 heterocycles. The molecule has 1 rings (SSSR count). The van der Waals surface area contributed by atoms with Crippen LogP contribution in [-0.4, -0.2) is 19.6 Å². The van der Waals surface area contributed by atoms with Crippen LogP contribution in [0.15, 0.2) is 18.2 Å². The number of nitrogens with two attached hydrogens (primary N) is 1. The lowest BCUT2D eigenvalue weighted by molar-refractivity contribution is -0.116. The third kappa shape index (κ3) is 4.40. The lowest BCUT2D eigenvalue weighted by atomic mass is 10.2. The second-order valence-electron chi connectivity index (χ2n) is 3.64. The van der Waals surface area contributed by atoms with Crippen molar-refractivity contribution in [2.24, 2.45) is 5.73 Å². The Morgan fingerprint density at radius 2 is 2.24 bits per heavy atom. The Morgan fingerprint density at radius 3 is 2.82 bits per heavy atom. The van der Waals surface area contributed by atoms with Crippen molar-refractivity contribution < 1.29 is 13.9 Å². The summed E-state index contributed by atoms with van der Waals surface area (Å²) in [6.45, 7) is 0.574. The summed E-state index contributed by atoms with van der Waals surface area (Å²) in [6.07, 6.45) is 1.94. The third-order valence-corrected chi connectivity index (χ3v) is 2.29. The summed E-state index contributed by atoms with van der Waals surface area (Å²) in [5, 5.41) is 2.62. The van der Waals surface area contributed by atoms with Crippen molar-refractivity contribution in [2.45, 2.75) is 19.3 Å². The minimum Gasteiger partial charge on any atom is -0.494 e. The molecule has 0 aliphatic heterocycles. The predicted octanol–water partition coefficient (Wildman–Crippen LogP) is 1.90. The fourth-order valence-electron chi connectivity index (χ4n) is 1.40. The van der Waals surface area contributed by atoms with Crippen LogP contribution in [0.1, 0.15) is 19.3 Å². The largest absolute Gasteiger partial charge is 0.494 e. The molecule has 17 heavy (non-hydrogen) atoms. The SMILES string of the molecule is COc1ccc(NC(=O)CCCCN)cc1F. The van der Waals surface area contributed by atoms with Crippen LogP contribution in [0.4, 0.5) is 10.1 Å². The summed E-state index contributed by atoms with van der Waals surface area (Å²) in [5.41, 5.74) is 5.76. The molecule has 0 radical (unpaired) electrons. The molecule has 0 bridgehead atoms. The van der Waals surface area contributed by atoms with Gasteiger partial charge in [0.2, 0.25) is 5.91 Å². The third-order valence-electron chi connectivity index (χ3n) is 2.29. The molecule has 0 aliphatic carbocycles.